The van der Waals surface area contributed by atoms with Crippen molar-refractivity contribution in [1.82, 2.24) is 5.32 Å². The van der Waals surface area contributed by atoms with Gasteiger partial charge in [-0.05, 0) is 42.8 Å². The molecule has 2 rings (SSSR count). The lowest BCUT2D eigenvalue weighted by Crippen LogP contribution is -2.42. The molecule has 0 saturated carbocycles. The first kappa shape index (κ1) is 16.0. The van der Waals surface area contributed by atoms with Crippen molar-refractivity contribution >= 4 is 20.6 Å². The van der Waals surface area contributed by atoms with Crippen LogP contribution in [0.2, 0.25) is 0 Å². The summed E-state index contributed by atoms with van der Waals surface area (Å²) in [7, 11) is -3.33. The van der Waals surface area contributed by atoms with Crippen LogP contribution in [0.1, 0.15) is 27.2 Å². The highest BCUT2D eigenvalue weighted by Crippen LogP contribution is 2.24. The van der Waals surface area contributed by atoms with Crippen molar-refractivity contribution in [2.45, 2.75) is 43.4 Å². The Labute approximate surface area is 127 Å². The van der Waals surface area contributed by atoms with Crippen molar-refractivity contribution in [2.75, 3.05) is 6.54 Å². The SMILES string of the molecule is CCNC(CC)C(C)S(=O)(=O)c1ccc2ccccc2c1. The van der Waals surface area contributed by atoms with Crippen LogP contribution < -0.4 is 5.32 Å². The van der Waals surface area contributed by atoms with Crippen molar-refractivity contribution in [3.05, 3.63) is 42.5 Å². The van der Waals surface area contributed by atoms with Crippen LogP contribution in [0.4, 0.5) is 0 Å². The first-order valence-corrected chi connectivity index (χ1v) is 9.01. The smallest absolute Gasteiger partial charge is 0.182 e. The summed E-state index contributed by atoms with van der Waals surface area (Å²) < 4.78 is 25.6. The molecule has 0 aliphatic heterocycles. The lowest BCUT2D eigenvalue weighted by Gasteiger charge is -2.23. The molecule has 2 aromatic rings. The molecule has 1 N–H and O–H groups in total. The number of sulfone groups is 1. The van der Waals surface area contributed by atoms with Gasteiger partial charge in [-0.2, -0.15) is 0 Å². The van der Waals surface area contributed by atoms with E-state index in [4.69, 9.17) is 0 Å². The van der Waals surface area contributed by atoms with Crippen LogP contribution in [0.25, 0.3) is 10.8 Å². The average molecular weight is 305 g/mol. The summed E-state index contributed by atoms with van der Waals surface area (Å²) in [5.74, 6) is 0. The predicted octanol–water partition coefficient (Wildman–Crippen LogP) is 3.39. The van der Waals surface area contributed by atoms with E-state index in [1.807, 2.05) is 44.2 Å². The Morgan fingerprint density at radius 2 is 1.71 bits per heavy atom. The van der Waals surface area contributed by atoms with Gasteiger partial charge < -0.3 is 5.32 Å². The van der Waals surface area contributed by atoms with Gasteiger partial charge in [0.2, 0.25) is 0 Å². The first-order chi connectivity index (χ1) is 10.0. The van der Waals surface area contributed by atoms with Crippen molar-refractivity contribution < 1.29 is 8.42 Å². The molecule has 0 spiro atoms. The summed E-state index contributed by atoms with van der Waals surface area (Å²) in [6, 6.07) is 13.2. The Hall–Kier alpha value is -1.39. The van der Waals surface area contributed by atoms with E-state index in [1.165, 1.54) is 0 Å². The van der Waals surface area contributed by atoms with E-state index in [2.05, 4.69) is 5.32 Å². The molecule has 3 nitrogen and oxygen atoms in total. The normalized spacial score (nSPS) is 15.0. The second-order valence-electron chi connectivity index (χ2n) is 5.33. The lowest BCUT2D eigenvalue weighted by atomic mass is 10.1. The monoisotopic (exact) mass is 305 g/mol. The number of fused-ring (bicyclic) bond motifs is 1. The van der Waals surface area contributed by atoms with Gasteiger partial charge in [-0.25, -0.2) is 8.42 Å². The summed E-state index contributed by atoms with van der Waals surface area (Å²) in [5, 5.41) is 4.84. The van der Waals surface area contributed by atoms with Gasteiger partial charge in [-0.3, -0.25) is 0 Å². The molecular weight excluding hydrogens is 282 g/mol. The average Bonchev–Trinajstić information content (AvgIpc) is 2.51. The Bertz CT molecular complexity index is 710. The number of hydrogen-bond acceptors (Lipinski definition) is 3. The molecule has 0 aliphatic rings. The van der Waals surface area contributed by atoms with E-state index in [0.717, 1.165) is 23.7 Å². The van der Waals surface area contributed by atoms with E-state index in [1.54, 1.807) is 19.1 Å². The zero-order valence-electron chi connectivity index (χ0n) is 12.8. The molecule has 2 aromatic carbocycles. The maximum absolute atomic E-state index is 12.8. The maximum Gasteiger partial charge on any atom is 0.182 e. The van der Waals surface area contributed by atoms with Crippen LogP contribution in [-0.4, -0.2) is 26.3 Å². The van der Waals surface area contributed by atoms with Crippen LogP contribution in [0.15, 0.2) is 47.4 Å². The summed E-state index contributed by atoms with van der Waals surface area (Å²) >= 11 is 0. The van der Waals surface area contributed by atoms with Gasteiger partial charge in [-0.15, -0.1) is 0 Å². The molecule has 0 heterocycles. The Kier molecular flexibility index (Phi) is 5.01. The third-order valence-electron chi connectivity index (χ3n) is 4.01. The summed E-state index contributed by atoms with van der Waals surface area (Å²) in [4.78, 5) is 0.407. The van der Waals surface area contributed by atoms with Crippen LogP contribution in [0.5, 0.6) is 0 Å². The van der Waals surface area contributed by atoms with E-state index in [-0.39, 0.29) is 6.04 Å². The molecule has 2 atom stereocenters. The fraction of sp³-hybridized carbons (Fsp3) is 0.412. The molecule has 0 saturated heterocycles. The van der Waals surface area contributed by atoms with Gasteiger partial charge in [-0.1, -0.05) is 44.2 Å². The molecular formula is C17H23NO2S. The zero-order valence-corrected chi connectivity index (χ0v) is 13.7. The second-order valence-corrected chi connectivity index (χ2v) is 7.64. The molecule has 0 aliphatic carbocycles. The first-order valence-electron chi connectivity index (χ1n) is 7.46. The van der Waals surface area contributed by atoms with Crippen molar-refractivity contribution in [3.63, 3.8) is 0 Å². The third kappa shape index (κ3) is 3.27. The van der Waals surface area contributed by atoms with E-state index >= 15 is 0 Å². The Morgan fingerprint density at radius 3 is 2.33 bits per heavy atom. The van der Waals surface area contributed by atoms with Gasteiger partial charge in [0.15, 0.2) is 9.84 Å². The van der Waals surface area contributed by atoms with E-state index in [9.17, 15) is 8.42 Å². The molecule has 0 radical (unpaired) electrons. The van der Waals surface area contributed by atoms with Gasteiger partial charge in [0.05, 0.1) is 10.1 Å². The van der Waals surface area contributed by atoms with Crippen LogP contribution >= 0.6 is 0 Å². The van der Waals surface area contributed by atoms with Crippen molar-refractivity contribution in [3.8, 4) is 0 Å². The van der Waals surface area contributed by atoms with Gasteiger partial charge >= 0.3 is 0 Å². The van der Waals surface area contributed by atoms with Crippen molar-refractivity contribution in [2.24, 2.45) is 0 Å². The highest BCUT2D eigenvalue weighted by atomic mass is 32.2. The molecule has 0 fully saturated rings. The molecule has 21 heavy (non-hydrogen) atoms. The topological polar surface area (TPSA) is 46.2 Å². The van der Waals surface area contributed by atoms with Gasteiger partial charge in [0.1, 0.15) is 0 Å². The van der Waals surface area contributed by atoms with Gasteiger partial charge in [0.25, 0.3) is 0 Å². The number of rotatable bonds is 6. The number of benzene rings is 2. The molecule has 114 valence electrons. The standard InChI is InChI=1S/C17H23NO2S/c1-4-17(18-5-2)13(3)21(19,20)16-11-10-14-8-6-7-9-15(14)12-16/h6-13,17-18H,4-5H2,1-3H3. The third-order valence-corrected chi connectivity index (χ3v) is 6.23. The van der Waals surface area contributed by atoms with Gasteiger partial charge in [0, 0.05) is 6.04 Å². The van der Waals surface area contributed by atoms with Crippen LogP contribution in [0, 0.1) is 0 Å². The molecule has 0 amide bonds. The lowest BCUT2D eigenvalue weighted by molar-refractivity contribution is 0.483. The number of nitrogens with one attached hydrogen (secondary N) is 1. The quantitative estimate of drug-likeness (QED) is 0.890. The largest absolute Gasteiger partial charge is 0.313 e. The van der Waals surface area contributed by atoms with Crippen LogP contribution in [-0.2, 0) is 9.84 Å². The second kappa shape index (κ2) is 6.58. The summed E-state index contributed by atoms with van der Waals surface area (Å²) in [5.41, 5.74) is 0. The van der Waals surface area contributed by atoms with Crippen molar-refractivity contribution in [1.29, 1.82) is 0 Å². The van der Waals surface area contributed by atoms with E-state index in [0.29, 0.717) is 4.90 Å². The maximum atomic E-state index is 12.8. The summed E-state index contributed by atoms with van der Waals surface area (Å²) in [6.07, 6.45) is 0.793. The zero-order chi connectivity index (χ0) is 15.5. The summed E-state index contributed by atoms with van der Waals surface area (Å²) in [6.45, 7) is 6.58. The van der Waals surface area contributed by atoms with E-state index < -0.39 is 15.1 Å². The molecule has 4 heteroatoms. The molecule has 0 bridgehead atoms. The number of hydrogen-bond donors (Lipinski definition) is 1. The highest BCUT2D eigenvalue weighted by molar-refractivity contribution is 7.92. The van der Waals surface area contributed by atoms with Crippen LogP contribution in [0.3, 0.4) is 0 Å². The highest BCUT2D eigenvalue weighted by Gasteiger charge is 2.29. The fourth-order valence-electron chi connectivity index (χ4n) is 2.68. The molecule has 2 unspecified atom stereocenters. The Morgan fingerprint density at radius 1 is 1.05 bits per heavy atom. The molecule has 0 aromatic heterocycles. The minimum Gasteiger partial charge on any atom is -0.313 e. The minimum absolute atomic E-state index is 0.0218. The minimum atomic E-state index is -3.33. The fourth-order valence-corrected chi connectivity index (χ4v) is 4.38. The predicted molar refractivity (Wildman–Crippen MR) is 88.4 cm³/mol. The Balaban J connectivity index is 2.40.